The van der Waals surface area contributed by atoms with Crippen molar-refractivity contribution in [1.82, 2.24) is 4.98 Å². The van der Waals surface area contributed by atoms with E-state index in [1.807, 2.05) is 22.6 Å². The first-order valence-electron chi connectivity index (χ1n) is 3.30. The maximum Gasteiger partial charge on any atom is 0.172 e. The lowest BCUT2D eigenvalue weighted by Crippen LogP contribution is -1.94. The lowest BCUT2D eigenvalue weighted by molar-refractivity contribution is 0.297. The molecule has 1 aromatic heterocycles. The zero-order valence-electron chi connectivity index (χ0n) is 6.09. The lowest BCUT2D eigenvalue weighted by Gasteiger charge is -2.03. The predicted molar refractivity (Wildman–Crippen MR) is 54.4 cm³/mol. The van der Waals surface area contributed by atoms with Crippen molar-refractivity contribution in [1.29, 1.82) is 0 Å². The fraction of sp³-hybridized carbons (Fsp3) is 0.286. The van der Waals surface area contributed by atoms with Gasteiger partial charge in [0.2, 0.25) is 0 Å². The van der Waals surface area contributed by atoms with Gasteiger partial charge in [-0.1, -0.05) is 11.6 Å². The van der Waals surface area contributed by atoms with Gasteiger partial charge in [-0.15, -0.1) is 0 Å². The van der Waals surface area contributed by atoms with Gasteiger partial charge in [-0.3, -0.25) is 0 Å². The maximum atomic E-state index is 9.34. The third kappa shape index (κ3) is 2.21. The molecule has 0 fully saturated rings. The molecule has 1 rings (SSSR count). The van der Waals surface area contributed by atoms with Crippen molar-refractivity contribution >= 4 is 34.2 Å². The first-order valence-corrected chi connectivity index (χ1v) is 4.75. The molecule has 0 aliphatic rings. The second kappa shape index (κ2) is 4.25. The number of aliphatic hydroxyl groups is 1. The minimum atomic E-state index is -0.0360. The van der Waals surface area contributed by atoms with E-state index in [4.69, 9.17) is 16.7 Å². The average molecular weight is 299 g/mol. The average Bonchev–Trinajstić information content (AvgIpc) is 2.00. The Morgan fingerprint density at radius 3 is 2.83 bits per heavy atom. The van der Waals surface area contributed by atoms with Crippen LogP contribution in [0.25, 0.3) is 0 Å². The minimum absolute atomic E-state index is 0.00994. The van der Waals surface area contributed by atoms with E-state index < -0.39 is 0 Å². The second-order valence-electron chi connectivity index (χ2n) is 2.22. The molecule has 3 nitrogen and oxygen atoms in total. The van der Waals surface area contributed by atoms with Crippen LogP contribution < -0.4 is 0 Å². The molecule has 0 amide bonds. The number of halogens is 2. The number of hydrogen-bond donors (Lipinski definition) is 2. The van der Waals surface area contributed by atoms with Gasteiger partial charge in [0, 0.05) is 12.2 Å². The van der Waals surface area contributed by atoms with Gasteiger partial charge in [-0.05, 0) is 35.1 Å². The van der Waals surface area contributed by atoms with Gasteiger partial charge < -0.3 is 10.2 Å². The third-order valence-electron chi connectivity index (χ3n) is 1.38. The van der Waals surface area contributed by atoms with Crippen molar-refractivity contribution in [2.24, 2.45) is 0 Å². The van der Waals surface area contributed by atoms with Crippen LogP contribution in [-0.4, -0.2) is 21.8 Å². The Morgan fingerprint density at radius 2 is 2.25 bits per heavy atom. The molecule has 0 aliphatic heterocycles. The summed E-state index contributed by atoms with van der Waals surface area (Å²) in [4.78, 5) is 3.84. The highest BCUT2D eigenvalue weighted by Gasteiger charge is 2.07. The van der Waals surface area contributed by atoms with Crippen LogP contribution in [0.1, 0.15) is 5.56 Å². The van der Waals surface area contributed by atoms with E-state index in [1.54, 1.807) is 6.07 Å². The third-order valence-corrected chi connectivity index (χ3v) is 2.20. The van der Waals surface area contributed by atoms with Crippen LogP contribution in [0.5, 0.6) is 5.75 Å². The first kappa shape index (κ1) is 10.0. The summed E-state index contributed by atoms with van der Waals surface area (Å²) in [6.45, 7) is -0.00994. The standard InChI is InChI=1S/C7H7ClINO2/c8-7-6(12)4(1-2-11)3-5(9)10-7/h3,11-12H,1-2H2. The summed E-state index contributed by atoms with van der Waals surface area (Å²) in [5.41, 5.74) is 0.627. The molecule has 0 unspecified atom stereocenters. The Bertz CT molecular complexity index is 293. The topological polar surface area (TPSA) is 53.4 Å². The first-order chi connectivity index (χ1) is 5.65. The number of nitrogens with zero attached hydrogens (tertiary/aromatic N) is 1. The molecule has 0 spiro atoms. The molecule has 0 aromatic carbocycles. The van der Waals surface area contributed by atoms with Crippen LogP contribution >= 0.6 is 34.2 Å². The molecule has 0 atom stereocenters. The van der Waals surface area contributed by atoms with Crippen molar-refractivity contribution in [2.45, 2.75) is 6.42 Å². The Balaban J connectivity index is 3.09. The Labute approximate surface area is 88.5 Å². The molecule has 0 aliphatic carbocycles. The van der Waals surface area contributed by atoms with Gasteiger partial charge in [-0.25, -0.2) is 4.98 Å². The summed E-state index contributed by atoms with van der Waals surface area (Å²) >= 11 is 7.61. The molecule has 0 radical (unpaired) electrons. The number of aliphatic hydroxyl groups excluding tert-OH is 1. The minimum Gasteiger partial charge on any atom is -0.504 e. The van der Waals surface area contributed by atoms with E-state index in [1.165, 1.54) is 0 Å². The summed E-state index contributed by atoms with van der Waals surface area (Å²) in [5.74, 6) is -0.0360. The normalized spacial score (nSPS) is 10.2. The molecule has 0 bridgehead atoms. The molecule has 5 heteroatoms. The smallest absolute Gasteiger partial charge is 0.172 e. The van der Waals surface area contributed by atoms with Crippen LogP contribution in [0.15, 0.2) is 6.07 Å². The van der Waals surface area contributed by atoms with E-state index in [2.05, 4.69) is 4.98 Å². The Kier molecular flexibility index (Phi) is 3.54. The van der Waals surface area contributed by atoms with Crippen LogP contribution in [0.2, 0.25) is 5.15 Å². The fourth-order valence-electron chi connectivity index (χ4n) is 0.835. The van der Waals surface area contributed by atoms with Crippen LogP contribution in [0.3, 0.4) is 0 Å². The van der Waals surface area contributed by atoms with Crippen molar-refractivity contribution in [3.05, 3.63) is 20.5 Å². The summed E-state index contributed by atoms with van der Waals surface area (Å²) < 4.78 is 0.707. The molecule has 2 N–H and O–H groups in total. The maximum absolute atomic E-state index is 9.34. The number of pyridine rings is 1. The summed E-state index contributed by atoms with van der Waals surface area (Å²) in [7, 11) is 0. The van der Waals surface area contributed by atoms with E-state index in [0.29, 0.717) is 15.7 Å². The molecule has 12 heavy (non-hydrogen) atoms. The monoisotopic (exact) mass is 299 g/mol. The number of aromatic nitrogens is 1. The lowest BCUT2D eigenvalue weighted by atomic mass is 10.2. The van der Waals surface area contributed by atoms with Crippen molar-refractivity contribution in [3.8, 4) is 5.75 Å². The second-order valence-corrected chi connectivity index (χ2v) is 3.68. The molecule has 1 heterocycles. The molecule has 1 aromatic rings. The van der Waals surface area contributed by atoms with Gasteiger partial charge in [0.15, 0.2) is 10.9 Å². The highest BCUT2D eigenvalue weighted by Crippen LogP contribution is 2.26. The SMILES string of the molecule is OCCc1cc(I)nc(Cl)c1O. The van der Waals surface area contributed by atoms with Gasteiger partial charge >= 0.3 is 0 Å². The molecular formula is C7H7ClINO2. The predicted octanol–water partition coefficient (Wildman–Crippen LogP) is 1.58. The molecule has 0 saturated heterocycles. The van der Waals surface area contributed by atoms with Crippen molar-refractivity contribution in [3.63, 3.8) is 0 Å². The number of hydrogen-bond acceptors (Lipinski definition) is 3. The van der Waals surface area contributed by atoms with Crippen LogP contribution in [0.4, 0.5) is 0 Å². The Morgan fingerprint density at radius 1 is 1.58 bits per heavy atom. The van der Waals surface area contributed by atoms with E-state index in [0.717, 1.165) is 0 Å². The summed E-state index contributed by atoms with van der Waals surface area (Å²) in [5, 5.41) is 18.1. The van der Waals surface area contributed by atoms with E-state index in [-0.39, 0.29) is 17.5 Å². The van der Waals surface area contributed by atoms with Gasteiger partial charge in [-0.2, -0.15) is 0 Å². The molecule has 0 saturated carbocycles. The van der Waals surface area contributed by atoms with Crippen molar-refractivity contribution in [2.75, 3.05) is 6.61 Å². The quantitative estimate of drug-likeness (QED) is 0.644. The molecule has 66 valence electrons. The van der Waals surface area contributed by atoms with Gasteiger partial charge in [0.05, 0.1) is 0 Å². The Hall–Kier alpha value is -0.0700. The highest BCUT2D eigenvalue weighted by atomic mass is 127. The van der Waals surface area contributed by atoms with Crippen LogP contribution in [0, 0.1) is 3.70 Å². The highest BCUT2D eigenvalue weighted by molar-refractivity contribution is 14.1. The number of rotatable bonds is 2. The van der Waals surface area contributed by atoms with Gasteiger partial charge in [0.1, 0.15) is 3.70 Å². The van der Waals surface area contributed by atoms with E-state index >= 15 is 0 Å². The summed E-state index contributed by atoms with van der Waals surface area (Å²) in [6, 6.07) is 1.69. The zero-order chi connectivity index (χ0) is 9.14. The summed E-state index contributed by atoms with van der Waals surface area (Å²) in [6.07, 6.45) is 0.393. The largest absolute Gasteiger partial charge is 0.504 e. The molecular weight excluding hydrogens is 292 g/mol. The zero-order valence-corrected chi connectivity index (χ0v) is 9.00. The fourth-order valence-corrected chi connectivity index (χ4v) is 1.81. The van der Waals surface area contributed by atoms with Crippen LogP contribution in [-0.2, 0) is 6.42 Å². The van der Waals surface area contributed by atoms with Crippen molar-refractivity contribution < 1.29 is 10.2 Å². The van der Waals surface area contributed by atoms with E-state index in [9.17, 15) is 5.11 Å². The number of aromatic hydroxyl groups is 1. The van der Waals surface area contributed by atoms with Gasteiger partial charge in [0.25, 0.3) is 0 Å².